The first kappa shape index (κ1) is 20.3. The molecule has 0 amide bonds. The van der Waals surface area contributed by atoms with Crippen LogP contribution >= 0.6 is 24.0 Å². The molecule has 0 radical (unpaired) electrons. The Bertz CT molecular complexity index is 217. The summed E-state index contributed by atoms with van der Waals surface area (Å²) >= 11 is 0. The minimum Gasteiger partial charge on any atom is -0.357 e. The average Bonchev–Trinajstić information content (AvgIpc) is 2.23. The van der Waals surface area contributed by atoms with Gasteiger partial charge in [-0.15, -0.1) is 24.0 Å². The molecule has 0 fully saturated rings. The largest absolute Gasteiger partial charge is 0.357 e. The lowest BCUT2D eigenvalue weighted by molar-refractivity contribution is 0.240. The number of guanidine groups is 1. The zero-order valence-electron chi connectivity index (χ0n) is 12.8. The van der Waals surface area contributed by atoms with Crippen molar-refractivity contribution in [1.29, 1.82) is 0 Å². The van der Waals surface area contributed by atoms with Gasteiger partial charge in [-0.1, -0.05) is 6.92 Å². The van der Waals surface area contributed by atoms with Crippen LogP contribution < -0.4 is 10.6 Å². The zero-order chi connectivity index (χ0) is 13.3. The van der Waals surface area contributed by atoms with Crippen LogP contribution in [0, 0.1) is 0 Å². The highest BCUT2D eigenvalue weighted by Gasteiger charge is 2.06. The Morgan fingerprint density at radius 1 is 1.17 bits per heavy atom. The summed E-state index contributed by atoms with van der Waals surface area (Å²) in [5.41, 5.74) is 0. The van der Waals surface area contributed by atoms with Crippen molar-refractivity contribution in [1.82, 2.24) is 15.5 Å². The second-order valence-corrected chi connectivity index (χ2v) is 4.78. The van der Waals surface area contributed by atoms with Gasteiger partial charge in [-0.2, -0.15) is 0 Å². The second-order valence-electron chi connectivity index (χ2n) is 4.78. The highest BCUT2D eigenvalue weighted by Crippen LogP contribution is 1.96. The van der Waals surface area contributed by atoms with Crippen molar-refractivity contribution in [3.8, 4) is 0 Å². The minimum absolute atomic E-state index is 0. The van der Waals surface area contributed by atoms with Crippen molar-refractivity contribution < 1.29 is 0 Å². The van der Waals surface area contributed by atoms with E-state index in [1.165, 1.54) is 0 Å². The highest BCUT2D eigenvalue weighted by molar-refractivity contribution is 14.0. The van der Waals surface area contributed by atoms with E-state index < -0.39 is 0 Å². The molecular weight excluding hydrogens is 339 g/mol. The lowest BCUT2D eigenvalue weighted by Gasteiger charge is -2.24. The molecule has 0 saturated carbocycles. The molecule has 0 saturated heterocycles. The third-order valence-electron chi connectivity index (χ3n) is 2.56. The van der Waals surface area contributed by atoms with E-state index in [1.807, 2.05) is 0 Å². The predicted octanol–water partition coefficient (Wildman–Crippen LogP) is 2.30. The van der Waals surface area contributed by atoms with Gasteiger partial charge in [0, 0.05) is 25.2 Å². The van der Waals surface area contributed by atoms with Gasteiger partial charge in [-0.3, -0.25) is 9.89 Å². The molecule has 0 bridgehead atoms. The molecule has 0 aliphatic rings. The van der Waals surface area contributed by atoms with E-state index in [4.69, 9.17) is 0 Å². The molecule has 0 unspecified atom stereocenters. The number of nitrogens with zero attached hydrogens (tertiary/aromatic N) is 2. The summed E-state index contributed by atoms with van der Waals surface area (Å²) in [6, 6.07) is 1.01. The number of hydrogen-bond acceptors (Lipinski definition) is 2. The molecule has 5 heteroatoms. The number of nitrogens with one attached hydrogen (secondary N) is 2. The van der Waals surface area contributed by atoms with Crippen LogP contribution in [-0.4, -0.2) is 49.1 Å². The molecule has 110 valence electrons. The van der Waals surface area contributed by atoms with E-state index >= 15 is 0 Å². The lowest BCUT2D eigenvalue weighted by Crippen LogP contribution is -2.41. The standard InChI is InChI=1S/C13H30N4.HI/c1-7-14-13(16-11(3)4)15-9-10-17(8-2)12(5)6;/h11-12H,7-10H2,1-6H3,(H2,14,15,16);1H. The van der Waals surface area contributed by atoms with Gasteiger partial charge in [-0.25, -0.2) is 0 Å². The van der Waals surface area contributed by atoms with Crippen LogP contribution in [0.5, 0.6) is 0 Å². The molecule has 0 heterocycles. The van der Waals surface area contributed by atoms with Gasteiger partial charge in [0.15, 0.2) is 5.96 Å². The van der Waals surface area contributed by atoms with Gasteiger partial charge in [-0.05, 0) is 41.2 Å². The first-order valence-electron chi connectivity index (χ1n) is 6.80. The maximum absolute atomic E-state index is 4.58. The third-order valence-corrected chi connectivity index (χ3v) is 2.56. The minimum atomic E-state index is 0. The first-order valence-corrected chi connectivity index (χ1v) is 6.80. The Morgan fingerprint density at radius 3 is 2.17 bits per heavy atom. The zero-order valence-corrected chi connectivity index (χ0v) is 15.1. The van der Waals surface area contributed by atoms with Gasteiger partial charge in [0.05, 0.1) is 6.54 Å². The normalized spacial score (nSPS) is 11.9. The molecule has 0 spiro atoms. The lowest BCUT2D eigenvalue weighted by atomic mass is 10.3. The van der Waals surface area contributed by atoms with E-state index in [2.05, 4.69) is 62.1 Å². The monoisotopic (exact) mass is 370 g/mol. The number of likely N-dealkylation sites (N-methyl/N-ethyl adjacent to an activating group) is 1. The first-order chi connectivity index (χ1) is 8.01. The summed E-state index contributed by atoms with van der Waals surface area (Å²) in [5.74, 6) is 0.919. The van der Waals surface area contributed by atoms with E-state index in [-0.39, 0.29) is 24.0 Å². The van der Waals surface area contributed by atoms with Crippen molar-refractivity contribution in [2.24, 2.45) is 4.99 Å². The van der Waals surface area contributed by atoms with Crippen LogP contribution in [0.4, 0.5) is 0 Å². The van der Waals surface area contributed by atoms with Crippen molar-refractivity contribution in [3.05, 3.63) is 0 Å². The molecule has 0 aromatic heterocycles. The van der Waals surface area contributed by atoms with E-state index in [9.17, 15) is 0 Å². The van der Waals surface area contributed by atoms with E-state index in [1.54, 1.807) is 0 Å². The van der Waals surface area contributed by atoms with Gasteiger partial charge in [0.2, 0.25) is 0 Å². The number of hydrogen-bond donors (Lipinski definition) is 2. The predicted molar refractivity (Wildman–Crippen MR) is 92.0 cm³/mol. The van der Waals surface area contributed by atoms with Crippen LogP contribution in [0.1, 0.15) is 41.5 Å². The van der Waals surface area contributed by atoms with Crippen LogP contribution in [0.25, 0.3) is 0 Å². The maximum atomic E-state index is 4.58. The summed E-state index contributed by atoms with van der Waals surface area (Å²) < 4.78 is 0. The van der Waals surface area contributed by atoms with Crippen LogP contribution in [0.15, 0.2) is 4.99 Å². The molecule has 0 aromatic rings. The van der Waals surface area contributed by atoms with Gasteiger partial charge < -0.3 is 10.6 Å². The second kappa shape index (κ2) is 12.0. The molecule has 2 N–H and O–H groups in total. The Kier molecular flexibility index (Phi) is 13.5. The molecular formula is C13H31IN4. The number of aliphatic imine (C=N–C) groups is 1. The molecule has 0 rings (SSSR count). The Morgan fingerprint density at radius 2 is 1.78 bits per heavy atom. The highest BCUT2D eigenvalue weighted by atomic mass is 127. The van der Waals surface area contributed by atoms with Gasteiger partial charge >= 0.3 is 0 Å². The molecule has 18 heavy (non-hydrogen) atoms. The van der Waals surface area contributed by atoms with Crippen molar-refractivity contribution in [2.45, 2.75) is 53.6 Å². The molecule has 0 aliphatic carbocycles. The molecule has 0 aromatic carbocycles. The summed E-state index contributed by atoms with van der Waals surface area (Å²) in [6.07, 6.45) is 0. The fourth-order valence-electron chi connectivity index (χ4n) is 1.67. The summed E-state index contributed by atoms with van der Waals surface area (Å²) in [4.78, 5) is 7.00. The van der Waals surface area contributed by atoms with Crippen LogP contribution in [0.2, 0.25) is 0 Å². The van der Waals surface area contributed by atoms with E-state index in [0.29, 0.717) is 12.1 Å². The van der Waals surface area contributed by atoms with Crippen LogP contribution in [0.3, 0.4) is 0 Å². The Hall–Kier alpha value is -0.0400. The Labute approximate surface area is 130 Å². The quantitative estimate of drug-likeness (QED) is 0.411. The van der Waals surface area contributed by atoms with Crippen molar-refractivity contribution in [3.63, 3.8) is 0 Å². The Balaban J connectivity index is 0. The molecule has 0 atom stereocenters. The molecule has 0 aliphatic heterocycles. The maximum Gasteiger partial charge on any atom is 0.191 e. The third kappa shape index (κ3) is 9.94. The smallest absolute Gasteiger partial charge is 0.191 e. The number of rotatable bonds is 7. The average molecular weight is 370 g/mol. The topological polar surface area (TPSA) is 39.7 Å². The van der Waals surface area contributed by atoms with Crippen molar-refractivity contribution in [2.75, 3.05) is 26.2 Å². The summed E-state index contributed by atoms with van der Waals surface area (Å²) in [7, 11) is 0. The van der Waals surface area contributed by atoms with E-state index in [0.717, 1.165) is 32.1 Å². The van der Waals surface area contributed by atoms with Gasteiger partial charge in [0.1, 0.15) is 0 Å². The molecule has 4 nitrogen and oxygen atoms in total. The number of halogens is 1. The summed E-state index contributed by atoms with van der Waals surface area (Å²) in [6.45, 7) is 16.8. The SMILES string of the molecule is CCNC(=NCCN(CC)C(C)C)NC(C)C.I. The van der Waals surface area contributed by atoms with Crippen LogP contribution in [-0.2, 0) is 0 Å². The summed E-state index contributed by atoms with van der Waals surface area (Å²) in [5, 5.41) is 6.58. The van der Waals surface area contributed by atoms with Gasteiger partial charge in [0.25, 0.3) is 0 Å². The fourth-order valence-corrected chi connectivity index (χ4v) is 1.67. The fraction of sp³-hybridized carbons (Fsp3) is 0.923. The van der Waals surface area contributed by atoms with Crippen molar-refractivity contribution >= 4 is 29.9 Å².